The summed E-state index contributed by atoms with van der Waals surface area (Å²) in [6.45, 7) is 2.43. The summed E-state index contributed by atoms with van der Waals surface area (Å²) in [5.41, 5.74) is 0.888. The number of sulfone groups is 1. The van der Waals surface area contributed by atoms with Crippen molar-refractivity contribution >= 4 is 37.4 Å². The monoisotopic (exact) mass is 498 g/mol. The molecule has 0 unspecified atom stereocenters. The third-order valence-corrected chi connectivity index (χ3v) is 9.38. The Labute approximate surface area is 195 Å². The molecule has 0 N–H and O–H groups in total. The molecule has 1 heterocycles. The van der Waals surface area contributed by atoms with E-state index in [0.29, 0.717) is 19.4 Å². The Morgan fingerprint density at radius 3 is 2.44 bits per heavy atom. The Balaban J connectivity index is 1.90. The molecule has 0 spiro atoms. The second kappa shape index (κ2) is 9.91. The average Bonchev–Trinajstić information content (AvgIpc) is 3.11. The van der Waals surface area contributed by atoms with Gasteiger partial charge in [-0.15, -0.1) is 0 Å². The van der Waals surface area contributed by atoms with Gasteiger partial charge in [-0.05, 0) is 36.6 Å². The van der Waals surface area contributed by atoms with E-state index in [-0.39, 0.29) is 33.5 Å². The number of carbonyl (C=O) groups is 1. The number of carbonyl (C=O) groups excluding carboxylic acids is 1. The van der Waals surface area contributed by atoms with Crippen LogP contribution in [0.25, 0.3) is 0 Å². The Bertz CT molecular complexity index is 1180. The second-order valence-corrected chi connectivity index (χ2v) is 12.6. The number of nitrogens with zero attached hydrogens (tertiary/aromatic N) is 2. The SMILES string of the molecule is CCCN(C(=O)c1cc(S(=O)(=O)N(C)Cc2ccccc2)ccc1Cl)[C@H]1CCS(=O)(=O)C1. The number of amides is 1. The van der Waals surface area contributed by atoms with Gasteiger partial charge in [0.2, 0.25) is 10.0 Å². The van der Waals surface area contributed by atoms with Gasteiger partial charge in [0.05, 0.1) is 27.0 Å². The van der Waals surface area contributed by atoms with Crippen LogP contribution in [0, 0.1) is 0 Å². The molecule has 3 rings (SSSR count). The Kier molecular flexibility index (Phi) is 7.65. The van der Waals surface area contributed by atoms with Gasteiger partial charge in [0, 0.05) is 26.2 Å². The Morgan fingerprint density at radius 2 is 1.84 bits per heavy atom. The summed E-state index contributed by atoms with van der Waals surface area (Å²) in [6.07, 6.45) is 1.00. The molecule has 174 valence electrons. The first kappa shape index (κ1) is 24.7. The van der Waals surface area contributed by atoms with Gasteiger partial charge in [-0.1, -0.05) is 48.9 Å². The molecule has 0 aliphatic carbocycles. The molecule has 0 aromatic heterocycles. The van der Waals surface area contributed by atoms with Crippen LogP contribution in [-0.4, -0.2) is 63.1 Å². The van der Waals surface area contributed by atoms with Gasteiger partial charge in [0.15, 0.2) is 9.84 Å². The number of benzene rings is 2. The number of hydrogen-bond donors (Lipinski definition) is 0. The van der Waals surface area contributed by atoms with E-state index in [1.165, 1.54) is 34.5 Å². The van der Waals surface area contributed by atoms with Crippen molar-refractivity contribution in [3.63, 3.8) is 0 Å². The van der Waals surface area contributed by atoms with E-state index in [2.05, 4.69) is 0 Å². The molecular formula is C22H27ClN2O5S2. The van der Waals surface area contributed by atoms with Crippen molar-refractivity contribution in [2.45, 2.75) is 37.2 Å². The van der Waals surface area contributed by atoms with E-state index >= 15 is 0 Å². The lowest BCUT2D eigenvalue weighted by Crippen LogP contribution is -2.41. The van der Waals surface area contributed by atoms with Crippen LogP contribution < -0.4 is 0 Å². The fourth-order valence-corrected chi connectivity index (χ4v) is 6.92. The van der Waals surface area contributed by atoms with Crippen LogP contribution in [0.2, 0.25) is 5.02 Å². The van der Waals surface area contributed by atoms with Crippen molar-refractivity contribution in [3.8, 4) is 0 Å². The zero-order valence-corrected chi connectivity index (χ0v) is 20.5. The normalized spacial score (nSPS) is 18.1. The predicted molar refractivity (Wildman–Crippen MR) is 125 cm³/mol. The highest BCUT2D eigenvalue weighted by Gasteiger charge is 2.35. The van der Waals surface area contributed by atoms with E-state index in [0.717, 1.165) is 5.56 Å². The molecule has 1 amide bonds. The topological polar surface area (TPSA) is 91.8 Å². The fraction of sp³-hybridized carbons (Fsp3) is 0.409. The Morgan fingerprint density at radius 1 is 1.16 bits per heavy atom. The molecule has 1 aliphatic rings. The van der Waals surface area contributed by atoms with Gasteiger partial charge in [0.25, 0.3) is 5.91 Å². The summed E-state index contributed by atoms with van der Waals surface area (Å²) in [6, 6.07) is 12.8. The van der Waals surface area contributed by atoms with Crippen LogP contribution in [0.15, 0.2) is 53.4 Å². The van der Waals surface area contributed by atoms with Crippen LogP contribution >= 0.6 is 11.6 Å². The van der Waals surface area contributed by atoms with Crippen molar-refractivity contribution in [2.24, 2.45) is 0 Å². The summed E-state index contributed by atoms with van der Waals surface area (Å²) < 4.78 is 51.4. The molecule has 2 aromatic carbocycles. The quantitative estimate of drug-likeness (QED) is 0.557. The van der Waals surface area contributed by atoms with Crippen LogP contribution in [0.5, 0.6) is 0 Å². The lowest BCUT2D eigenvalue weighted by Gasteiger charge is -2.28. The average molecular weight is 499 g/mol. The lowest BCUT2D eigenvalue weighted by molar-refractivity contribution is 0.0697. The number of hydrogen-bond acceptors (Lipinski definition) is 5. The summed E-state index contributed by atoms with van der Waals surface area (Å²) in [5, 5.41) is 0.126. The summed E-state index contributed by atoms with van der Waals surface area (Å²) in [7, 11) is -5.59. The number of rotatable bonds is 8. The zero-order valence-electron chi connectivity index (χ0n) is 18.1. The highest BCUT2D eigenvalue weighted by atomic mass is 35.5. The van der Waals surface area contributed by atoms with Gasteiger partial charge >= 0.3 is 0 Å². The van der Waals surface area contributed by atoms with Crippen molar-refractivity contribution in [3.05, 3.63) is 64.7 Å². The molecule has 1 aliphatic heterocycles. The van der Waals surface area contributed by atoms with Gasteiger partial charge < -0.3 is 4.90 Å². The first-order chi connectivity index (χ1) is 15.0. The molecule has 1 fully saturated rings. The van der Waals surface area contributed by atoms with E-state index < -0.39 is 31.8 Å². The molecule has 7 nitrogen and oxygen atoms in total. The maximum Gasteiger partial charge on any atom is 0.255 e. The number of sulfonamides is 1. The van der Waals surface area contributed by atoms with E-state index in [1.807, 2.05) is 37.3 Å². The van der Waals surface area contributed by atoms with Gasteiger partial charge in [0.1, 0.15) is 0 Å². The van der Waals surface area contributed by atoms with Crippen LogP contribution in [-0.2, 0) is 26.4 Å². The minimum atomic E-state index is -3.88. The predicted octanol–water partition coefficient (Wildman–Crippen LogP) is 3.20. The van der Waals surface area contributed by atoms with Crippen LogP contribution in [0.3, 0.4) is 0 Å². The minimum absolute atomic E-state index is 0.0393. The molecule has 32 heavy (non-hydrogen) atoms. The van der Waals surface area contributed by atoms with Crippen LogP contribution in [0.4, 0.5) is 0 Å². The third-order valence-electron chi connectivity index (χ3n) is 5.50. The fourth-order valence-electron chi connectivity index (χ4n) is 3.80. The summed E-state index contributed by atoms with van der Waals surface area (Å²) in [5.74, 6) is -0.507. The molecule has 0 radical (unpaired) electrons. The van der Waals surface area contributed by atoms with Gasteiger partial charge in [-0.3, -0.25) is 4.79 Å². The lowest BCUT2D eigenvalue weighted by atomic mass is 10.1. The molecule has 1 atom stereocenters. The second-order valence-electron chi connectivity index (χ2n) is 7.94. The van der Waals surface area contributed by atoms with Crippen molar-refractivity contribution < 1.29 is 21.6 Å². The molecule has 10 heteroatoms. The van der Waals surface area contributed by atoms with E-state index in [9.17, 15) is 21.6 Å². The van der Waals surface area contributed by atoms with E-state index in [4.69, 9.17) is 11.6 Å². The van der Waals surface area contributed by atoms with Gasteiger partial charge in [-0.25, -0.2) is 16.8 Å². The third kappa shape index (κ3) is 5.51. The minimum Gasteiger partial charge on any atom is -0.335 e. The highest BCUT2D eigenvalue weighted by Crippen LogP contribution is 2.27. The maximum atomic E-state index is 13.3. The molecule has 0 saturated carbocycles. The van der Waals surface area contributed by atoms with E-state index in [1.54, 1.807) is 0 Å². The molecule has 0 bridgehead atoms. The molecule has 2 aromatic rings. The maximum absolute atomic E-state index is 13.3. The molecule has 1 saturated heterocycles. The number of halogens is 1. The zero-order chi connectivity index (χ0) is 23.5. The summed E-state index contributed by atoms with van der Waals surface area (Å²) in [4.78, 5) is 14.8. The smallest absolute Gasteiger partial charge is 0.255 e. The van der Waals surface area contributed by atoms with Crippen molar-refractivity contribution in [1.82, 2.24) is 9.21 Å². The first-order valence-corrected chi connectivity index (χ1v) is 14.0. The van der Waals surface area contributed by atoms with Crippen LogP contribution in [0.1, 0.15) is 35.7 Å². The van der Waals surface area contributed by atoms with Crippen molar-refractivity contribution in [1.29, 1.82) is 0 Å². The largest absolute Gasteiger partial charge is 0.335 e. The standard InChI is InChI=1S/C22H27ClN2O5S2/c1-3-12-25(18-11-13-31(27,28)16-18)22(26)20-14-19(9-10-21(20)23)32(29,30)24(2)15-17-7-5-4-6-8-17/h4-10,14,18H,3,11-13,15-16H2,1-2H3/t18-/m0/s1. The highest BCUT2D eigenvalue weighted by molar-refractivity contribution is 7.91. The first-order valence-electron chi connectivity index (χ1n) is 10.4. The van der Waals surface area contributed by atoms with Gasteiger partial charge in [-0.2, -0.15) is 4.31 Å². The van der Waals surface area contributed by atoms with Crippen molar-refractivity contribution in [2.75, 3.05) is 25.1 Å². The Hall–Kier alpha value is -1.94. The molecular weight excluding hydrogens is 472 g/mol. The summed E-state index contributed by atoms with van der Waals surface area (Å²) >= 11 is 6.28.